The van der Waals surface area contributed by atoms with Crippen molar-refractivity contribution in [3.8, 4) is 0 Å². The maximum Gasteiger partial charge on any atom is 0.416 e. The predicted octanol–water partition coefficient (Wildman–Crippen LogP) is 4.56. The number of hydrogen-bond donors (Lipinski definition) is 2. The summed E-state index contributed by atoms with van der Waals surface area (Å²) in [5, 5.41) is 6.03. The number of carbonyl (C=O) groups is 1. The van der Waals surface area contributed by atoms with Crippen molar-refractivity contribution in [3.63, 3.8) is 0 Å². The number of aliphatic imine (C=N–C) groups is 1. The molecular weight excluding hydrogens is 532 g/mol. The van der Waals surface area contributed by atoms with Crippen molar-refractivity contribution in [2.45, 2.75) is 57.0 Å². The van der Waals surface area contributed by atoms with E-state index in [0.717, 1.165) is 69.3 Å². The lowest BCUT2D eigenvalue weighted by molar-refractivity contribution is -0.137. The van der Waals surface area contributed by atoms with E-state index in [4.69, 9.17) is 4.99 Å². The molecule has 3 rings (SSSR count). The van der Waals surface area contributed by atoms with Gasteiger partial charge in [-0.3, -0.25) is 9.79 Å². The number of piperidine rings is 1. The van der Waals surface area contributed by atoms with Crippen LogP contribution in [0, 0.1) is 5.92 Å². The topological polar surface area (TPSA) is 56.7 Å². The first-order chi connectivity index (χ1) is 14.8. The van der Waals surface area contributed by atoms with E-state index in [9.17, 15) is 18.0 Å². The van der Waals surface area contributed by atoms with Gasteiger partial charge in [-0.1, -0.05) is 24.6 Å². The molecular formula is C23H34F3IN4O. The van der Waals surface area contributed by atoms with Crippen LogP contribution in [0.2, 0.25) is 0 Å². The summed E-state index contributed by atoms with van der Waals surface area (Å²) >= 11 is 0. The molecule has 2 N–H and O–H groups in total. The molecule has 0 aromatic heterocycles. The van der Waals surface area contributed by atoms with Crippen molar-refractivity contribution in [2.75, 3.05) is 33.2 Å². The maximum atomic E-state index is 13.2. The van der Waals surface area contributed by atoms with Gasteiger partial charge in [0.1, 0.15) is 0 Å². The summed E-state index contributed by atoms with van der Waals surface area (Å²) in [6, 6.07) is 5.74. The van der Waals surface area contributed by atoms with E-state index in [1.165, 1.54) is 12.1 Å². The molecule has 180 valence electrons. The lowest BCUT2D eigenvalue weighted by Gasteiger charge is -2.42. The normalized spacial score (nSPS) is 19.0. The highest BCUT2D eigenvalue weighted by Gasteiger charge is 2.40. The van der Waals surface area contributed by atoms with Gasteiger partial charge >= 0.3 is 6.18 Å². The minimum absolute atomic E-state index is 0. The van der Waals surface area contributed by atoms with Crippen LogP contribution in [0.1, 0.15) is 56.6 Å². The Bertz CT molecular complexity index is 788. The van der Waals surface area contributed by atoms with E-state index in [0.29, 0.717) is 18.9 Å². The molecule has 2 fully saturated rings. The Balaban J connectivity index is 0.00000363. The van der Waals surface area contributed by atoms with Crippen molar-refractivity contribution in [3.05, 3.63) is 35.4 Å². The van der Waals surface area contributed by atoms with E-state index in [-0.39, 0.29) is 35.3 Å². The lowest BCUT2D eigenvalue weighted by atomic mass is 9.64. The molecule has 0 spiro atoms. The van der Waals surface area contributed by atoms with Crippen LogP contribution in [0.15, 0.2) is 29.3 Å². The van der Waals surface area contributed by atoms with Crippen molar-refractivity contribution >= 4 is 35.8 Å². The molecule has 0 bridgehead atoms. The van der Waals surface area contributed by atoms with Crippen molar-refractivity contribution in [1.29, 1.82) is 0 Å². The Kier molecular flexibility index (Phi) is 9.66. The summed E-state index contributed by atoms with van der Waals surface area (Å²) < 4.78 is 39.6. The van der Waals surface area contributed by atoms with E-state index >= 15 is 0 Å². The van der Waals surface area contributed by atoms with Gasteiger partial charge in [-0.05, 0) is 50.2 Å². The number of likely N-dealkylation sites (tertiary alicyclic amines) is 1. The number of nitrogens with zero attached hydrogens (tertiary/aromatic N) is 2. The summed E-state index contributed by atoms with van der Waals surface area (Å²) in [4.78, 5) is 18.7. The summed E-state index contributed by atoms with van der Waals surface area (Å²) in [5.74, 6) is 1.27. The van der Waals surface area contributed by atoms with Gasteiger partial charge in [0.25, 0.3) is 0 Å². The van der Waals surface area contributed by atoms with Crippen LogP contribution < -0.4 is 10.6 Å². The standard InChI is InChI=1S/C23H33F3N4O.HI/c1-3-28-21(30-12-8-17(9-13-30)14-20(31)27-2)29-16-22(10-5-11-22)18-6-4-7-19(15-18)23(24,25)26;/h4,6-7,15,17H,3,5,8-14,16H2,1-2H3,(H,27,31)(H,28,29);1H. The van der Waals surface area contributed by atoms with E-state index in [1.54, 1.807) is 13.1 Å². The predicted molar refractivity (Wildman–Crippen MR) is 131 cm³/mol. The fraction of sp³-hybridized carbons (Fsp3) is 0.652. The number of benzene rings is 1. The van der Waals surface area contributed by atoms with Gasteiger partial charge in [0.05, 0.1) is 12.1 Å². The van der Waals surface area contributed by atoms with Crippen LogP contribution >= 0.6 is 24.0 Å². The average Bonchev–Trinajstić information content (AvgIpc) is 2.72. The highest BCUT2D eigenvalue weighted by Crippen LogP contribution is 2.45. The fourth-order valence-corrected chi connectivity index (χ4v) is 4.53. The van der Waals surface area contributed by atoms with Crippen molar-refractivity contribution < 1.29 is 18.0 Å². The zero-order chi connectivity index (χ0) is 22.5. The number of guanidine groups is 1. The Morgan fingerprint density at radius 2 is 1.94 bits per heavy atom. The first kappa shape index (κ1) is 26.7. The number of carbonyl (C=O) groups excluding carboxylic acids is 1. The first-order valence-electron chi connectivity index (χ1n) is 11.2. The Hall–Kier alpha value is -1.52. The number of alkyl halides is 3. The monoisotopic (exact) mass is 566 g/mol. The number of amides is 1. The van der Waals surface area contributed by atoms with Gasteiger partial charge in [0.2, 0.25) is 5.91 Å². The van der Waals surface area contributed by atoms with E-state index < -0.39 is 11.7 Å². The average molecular weight is 566 g/mol. The first-order valence-corrected chi connectivity index (χ1v) is 11.2. The largest absolute Gasteiger partial charge is 0.416 e. The summed E-state index contributed by atoms with van der Waals surface area (Å²) in [6.45, 7) is 4.87. The minimum Gasteiger partial charge on any atom is -0.359 e. The SMILES string of the molecule is CCNC(=NCC1(c2cccc(C(F)(F)F)c2)CCC1)N1CCC(CC(=O)NC)CC1.I. The summed E-state index contributed by atoms with van der Waals surface area (Å²) in [6.07, 6.45) is 0.784. The van der Waals surface area contributed by atoms with Crippen LogP contribution in [0.3, 0.4) is 0 Å². The van der Waals surface area contributed by atoms with Crippen LogP contribution in [0.5, 0.6) is 0 Å². The van der Waals surface area contributed by atoms with Gasteiger partial charge in [-0.15, -0.1) is 24.0 Å². The van der Waals surface area contributed by atoms with Gasteiger partial charge in [-0.25, -0.2) is 0 Å². The third kappa shape index (κ3) is 6.51. The molecule has 1 aromatic carbocycles. The molecule has 0 atom stereocenters. The molecule has 32 heavy (non-hydrogen) atoms. The fourth-order valence-electron chi connectivity index (χ4n) is 4.53. The second kappa shape index (κ2) is 11.6. The molecule has 1 saturated carbocycles. The summed E-state index contributed by atoms with van der Waals surface area (Å²) in [7, 11) is 1.66. The molecule has 5 nitrogen and oxygen atoms in total. The molecule has 0 radical (unpaired) electrons. The smallest absolute Gasteiger partial charge is 0.359 e. The van der Waals surface area contributed by atoms with Crippen LogP contribution in [-0.4, -0.2) is 50.0 Å². The third-order valence-corrected chi connectivity index (χ3v) is 6.65. The zero-order valence-corrected chi connectivity index (χ0v) is 21.1. The molecule has 2 aliphatic rings. The molecule has 1 aliphatic heterocycles. The number of halogens is 4. The third-order valence-electron chi connectivity index (χ3n) is 6.65. The van der Waals surface area contributed by atoms with E-state index in [2.05, 4.69) is 15.5 Å². The Labute approximate surface area is 205 Å². The van der Waals surface area contributed by atoms with Crippen LogP contribution in [-0.2, 0) is 16.4 Å². The molecule has 1 heterocycles. The van der Waals surface area contributed by atoms with Crippen LogP contribution in [0.25, 0.3) is 0 Å². The summed E-state index contributed by atoms with van der Waals surface area (Å²) in [5.41, 5.74) is -0.178. The maximum absolute atomic E-state index is 13.2. The molecule has 1 aliphatic carbocycles. The lowest BCUT2D eigenvalue weighted by Crippen LogP contribution is -2.47. The highest BCUT2D eigenvalue weighted by atomic mass is 127. The molecule has 9 heteroatoms. The van der Waals surface area contributed by atoms with E-state index in [1.807, 2.05) is 6.92 Å². The Morgan fingerprint density at radius 1 is 1.25 bits per heavy atom. The second-order valence-electron chi connectivity index (χ2n) is 8.69. The minimum atomic E-state index is -4.34. The van der Waals surface area contributed by atoms with Gasteiger partial charge in [0.15, 0.2) is 5.96 Å². The molecule has 1 amide bonds. The van der Waals surface area contributed by atoms with Gasteiger partial charge in [0, 0.05) is 38.5 Å². The van der Waals surface area contributed by atoms with Crippen molar-refractivity contribution in [2.24, 2.45) is 10.9 Å². The quantitative estimate of drug-likeness (QED) is 0.302. The second-order valence-corrected chi connectivity index (χ2v) is 8.69. The number of rotatable bonds is 6. The van der Waals surface area contributed by atoms with Crippen molar-refractivity contribution in [1.82, 2.24) is 15.5 Å². The molecule has 1 saturated heterocycles. The van der Waals surface area contributed by atoms with Crippen LogP contribution in [0.4, 0.5) is 13.2 Å². The number of hydrogen-bond acceptors (Lipinski definition) is 2. The van der Waals surface area contributed by atoms with Gasteiger partial charge in [-0.2, -0.15) is 13.2 Å². The van der Waals surface area contributed by atoms with Gasteiger partial charge < -0.3 is 15.5 Å². The number of nitrogens with one attached hydrogen (secondary N) is 2. The Morgan fingerprint density at radius 3 is 2.47 bits per heavy atom. The highest BCUT2D eigenvalue weighted by molar-refractivity contribution is 14.0. The molecule has 1 aromatic rings. The zero-order valence-electron chi connectivity index (χ0n) is 18.8. The molecule has 0 unspecified atom stereocenters.